The van der Waals surface area contributed by atoms with E-state index in [0.29, 0.717) is 56.8 Å². The highest BCUT2D eigenvalue weighted by molar-refractivity contribution is 5.91. The maximum atomic E-state index is 14.5. The molecule has 13 nitrogen and oxygen atoms in total. The lowest BCUT2D eigenvalue weighted by Crippen LogP contribution is -2.52. The van der Waals surface area contributed by atoms with Crippen LogP contribution >= 0.6 is 0 Å². The molecule has 7 N–H and O–H groups in total. The standard InChI is InChI=1S/C40H57N7O6/c1-52-35-19-18-31(25-36(35)53-2)20-24-46(40(51)34(17-9-10-21-41)44-26-32-13-5-3-6-14-32)29-39(50)47(27-33-15-7-4-8-16-33)30-38(49)45(28-37(43)48)23-12-11-22-42/h3-8,13-16,18-19,25,34,44H,9-12,17,20-24,26-30,41-42H2,1-2H3,(H2,43,48)/t34-/m0/s1. The number of methoxy groups -OCH3 is 2. The van der Waals surface area contributed by atoms with Gasteiger partial charge in [-0.1, -0.05) is 73.2 Å². The predicted molar refractivity (Wildman–Crippen MR) is 206 cm³/mol. The molecule has 0 saturated carbocycles. The van der Waals surface area contributed by atoms with Crippen molar-refractivity contribution in [3.63, 3.8) is 0 Å². The molecular weight excluding hydrogens is 674 g/mol. The van der Waals surface area contributed by atoms with Gasteiger partial charge >= 0.3 is 0 Å². The molecule has 0 aliphatic heterocycles. The molecule has 0 fully saturated rings. The molecule has 0 bridgehead atoms. The second-order valence-corrected chi connectivity index (χ2v) is 12.9. The van der Waals surface area contributed by atoms with Gasteiger partial charge in [-0.05, 0) is 74.0 Å². The summed E-state index contributed by atoms with van der Waals surface area (Å²) in [4.78, 5) is 58.8. The average molecular weight is 732 g/mol. The Labute approximate surface area is 313 Å². The number of primary amides is 1. The number of nitrogens with two attached hydrogens (primary N) is 3. The first kappa shape index (κ1) is 42.4. The van der Waals surface area contributed by atoms with Crippen LogP contribution in [0.4, 0.5) is 0 Å². The fourth-order valence-corrected chi connectivity index (χ4v) is 5.92. The van der Waals surface area contributed by atoms with Crippen LogP contribution in [0.2, 0.25) is 0 Å². The molecule has 0 aromatic heterocycles. The number of nitrogens with one attached hydrogen (secondary N) is 1. The Kier molecular flexibility index (Phi) is 18.9. The van der Waals surface area contributed by atoms with Crippen LogP contribution in [0.15, 0.2) is 78.9 Å². The maximum Gasteiger partial charge on any atom is 0.242 e. The Balaban J connectivity index is 1.94. The lowest BCUT2D eigenvalue weighted by atomic mass is 10.1. The second kappa shape index (κ2) is 23.6. The normalized spacial score (nSPS) is 11.4. The monoisotopic (exact) mass is 731 g/mol. The topological polar surface area (TPSA) is 187 Å². The first-order valence-corrected chi connectivity index (χ1v) is 18.2. The van der Waals surface area contributed by atoms with Crippen molar-refractivity contribution in [3.05, 3.63) is 95.6 Å². The SMILES string of the molecule is COc1ccc(CCN(CC(=O)N(CC(=O)N(CCCCN)CC(N)=O)Cc2ccccc2)C(=O)[C@H](CCCCN)NCc2ccccc2)cc1OC. The molecular formula is C40H57N7O6. The van der Waals surface area contributed by atoms with Gasteiger partial charge in [0.05, 0.1) is 33.4 Å². The molecule has 3 rings (SSSR count). The van der Waals surface area contributed by atoms with E-state index in [4.69, 9.17) is 26.7 Å². The number of carbonyl (C=O) groups excluding carboxylic acids is 4. The summed E-state index contributed by atoms with van der Waals surface area (Å²) in [5.41, 5.74) is 19.7. The lowest BCUT2D eigenvalue weighted by Gasteiger charge is -2.31. The number of ether oxygens (including phenoxy) is 2. The van der Waals surface area contributed by atoms with Crippen molar-refractivity contribution in [2.75, 3.05) is 60.0 Å². The molecule has 0 spiro atoms. The highest BCUT2D eigenvalue weighted by atomic mass is 16.5. The minimum atomic E-state index is -0.650. The second-order valence-electron chi connectivity index (χ2n) is 12.9. The highest BCUT2D eigenvalue weighted by Gasteiger charge is 2.29. The average Bonchev–Trinajstić information content (AvgIpc) is 3.17. The minimum Gasteiger partial charge on any atom is -0.493 e. The number of unbranched alkanes of at least 4 members (excludes halogenated alkanes) is 2. The van der Waals surface area contributed by atoms with Gasteiger partial charge in [-0.15, -0.1) is 0 Å². The van der Waals surface area contributed by atoms with Crippen molar-refractivity contribution in [3.8, 4) is 11.5 Å². The molecule has 0 radical (unpaired) electrons. The summed E-state index contributed by atoms with van der Waals surface area (Å²) in [6, 6.07) is 24.1. The van der Waals surface area contributed by atoms with E-state index in [1.165, 1.54) is 9.80 Å². The zero-order valence-electron chi connectivity index (χ0n) is 31.2. The third-order valence-corrected chi connectivity index (χ3v) is 8.87. The van der Waals surface area contributed by atoms with E-state index in [0.717, 1.165) is 29.5 Å². The lowest BCUT2D eigenvalue weighted by molar-refractivity contribution is -0.146. The van der Waals surface area contributed by atoms with Crippen LogP contribution in [-0.2, 0) is 38.7 Å². The number of nitrogens with zero attached hydrogens (tertiary/aromatic N) is 3. The molecule has 288 valence electrons. The number of hydrogen-bond acceptors (Lipinski definition) is 9. The molecule has 0 aliphatic carbocycles. The molecule has 53 heavy (non-hydrogen) atoms. The van der Waals surface area contributed by atoms with Crippen LogP contribution in [0, 0.1) is 0 Å². The predicted octanol–water partition coefficient (Wildman–Crippen LogP) is 2.44. The fraction of sp³-hybridized carbons (Fsp3) is 0.450. The summed E-state index contributed by atoms with van der Waals surface area (Å²) in [6.07, 6.45) is 3.68. The number of benzene rings is 3. The van der Waals surface area contributed by atoms with E-state index < -0.39 is 23.8 Å². The smallest absolute Gasteiger partial charge is 0.242 e. The van der Waals surface area contributed by atoms with E-state index in [1.54, 1.807) is 25.2 Å². The van der Waals surface area contributed by atoms with Crippen LogP contribution in [0.3, 0.4) is 0 Å². The van der Waals surface area contributed by atoms with Gasteiger partial charge in [0.25, 0.3) is 0 Å². The maximum absolute atomic E-state index is 14.5. The van der Waals surface area contributed by atoms with Gasteiger partial charge < -0.3 is 46.7 Å². The van der Waals surface area contributed by atoms with Crippen molar-refractivity contribution in [2.45, 2.75) is 57.7 Å². The zero-order valence-corrected chi connectivity index (χ0v) is 31.2. The zero-order chi connectivity index (χ0) is 38.4. The van der Waals surface area contributed by atoms with E-state index in [2.05, 4.69) is 5.32 Å². The van der Waals surface area contributed by atoms with E-state index in [9.17, 15) is 19.2 Å². The van der Waals surface area contributed by atoms with Crippen molar-refractivity contribution < 1.29 is 28.7 Å². The van der Waals surface area contributed by atoms with Crippen LogP contribution in [0.5, 0.6) is 11.5 Å². The third kappa shape index (κ3) is 14.9. The molecule has 13 heteroatoms. The first-order valence-electron chi connectivity index (χ1n) is 18.2. The van der Waals surface area contributed by atoms with E-state index >= 15 is 0 Å². The molecule has 4 amide bonds. The Hall–Kier alpha value is -4.98. The largest absolute Gasteiger partial charge is 0.493 e. The van der Waals surface area contributed by atoms with Gasteiger partial charge in [-0.3, -0.25) is 19.2 Å². The molecule has 0 saturated heterocycles. The summed E-state index contributed by atoms with van der Waals surface area (Å²) in [6.45, 7) is 1.20. The Bertz CT molecular complexity index is 1560. The fourth-order valence-electron chi connectivity index (χ4n) is 5.92. The van der Waals surface area contributed by atoms with Gasteiger partial charge in [0.1, 0.15) is 6.54 Å². The van der Waals surface area contributed by atoms with Gasteiger partial charge in [-0.2, -0.15) is 0 Å². The van der Waals surface area contributed by atoms with Crippen LogP contribution in [0.1, 0.15) is 48.8 Å². The molecule has 0 aliphatic rings. The van der Waals surface area contributed by atoms with Crippen LogP contribution < -0.4 is 32.0 Å². The number of carbonyl (C=O) groups is 4. The van der Waals surface area contributed by atoms with Crippen molar-refractivity contribution in [1.82, 2.24) is 20.0 Å². The molecule has 3 aromatic rings. The summed E-state index contributed by atoms with van der Waals surface area (Å²) in [7, 11) is 3.13. The van der Waals surface area contributed by atoms with Crippen LogP contribution in [-0.4, -0.2) is 104 Å². The summed E-state index contributed by atoms with van der Waals surface area (Å²) in [5, 5.41) is 3.43. The van der Waals surface area contributed by atoms with Gasteiger partial charge in [0.15, 0.2) is 11.5 Å². The molecule has 1 atom stereocenters. The van der Waals surface area contributed by atoms with Gasteiger partial charge in [0, 0.05) is 26.2 Å². The van der Waals surface area contributed by atoms with Crippen molar-refractivity contribution in [2.24, 2.45) is 17.2 Å². The summed E-state index contributed by atoms with van der Waals surface area (Å²) >= 11 is 0. The summed E-state index contributed by atoms with van der Waals surface area (Å²) in [5.74, 6) is -0.565. The van der Waals surface area contributed by atoms with Gasteiger partial charge in [0.2, 0.25) is 23.6 Å². The number of rotatable bonds is 25. The minimum absolute atomic E-state index is 0.127. The Morgan fingerprint density at radius 1 is 0.660 bits per heavy atom. The quantitative estimate of drug-likeness (QED) is 0.0951. The van der Waals surface area contributed by atoms with Gasteiger partial charge in [-0.25, -0.2) is 0 Å². The molecule has 0 heterocycles. The third-order valence-electron chi connectivity index (χ3n) is 8.87. The number of hydrogen-bond donors (Lipinski definition) is 4. The molecule has 0 unspecified atom stereocenters. The Morgan fingerprint density at radius 2 is 1.26 bits per heavy atom. The molecule has 3 aromatic carbocycles. The number of amides is 4. The Morgan fingerprint density at radius 3 is 1.89 bits per heavy atom. The van der Waals surface area contributed by atoms with Crippen LogP contribution in [0.25, 0.3) is 0 Å². The highest BCUT2D eigenvalue weighted by Crippen LogP contribution is 2.28. The summed E-state index contributed by atoms with van der Waals surface area (Å²) < 4.78 is 10.9. The van der Waals surface area contributed by atoms with E-state index in [-0.39, 0.29) is 45.2 Å². The van der Waals surface area contributed by atoms with Crippen molar-refractivity contribution >= 4 is 23.6 Å². The van der Waals surface area contributed by atoms with E-state index in [1.807, 2.05) is 72.8 Å². The van der Waals surface area contributed by atoms with Crippen molar-refractivity contribution in [1.29, 1.82) is 0 Å². The first-order chi connectivity index (χ1) is 25.7.